The third kappa shape index (κ3) is 3.31. The van der Waals surface area contributed by atoms with Gasteiger partial charge in [0, 0.05) is 24.5 Å². The summed E-state index contributed by atoms with van der Waals surface area (Å²) in [6, 6.07) is 11.2. The Hall–Kier alpha value is -2.27. The number of carbonyl (C=O) groups is 1. The van der Waals surface area contributed by atoms with Crippen molar-refractivity contribution in [1.82, 2.24) is 0 Å². The lowest BCUT2D eigenvalue weighted by molar-refractivity contribution is -0.00521. The Morgan fingerprint density at radius 2 is 1.82 bits per heavy atom. The van der Waals surface area contributed by atoms with Crippen molar-refractivity contribution in [2.75, 3.05) is 23.3 Å². The van der Waals surface area contributed by atoms with Crippen molar-refractivity contribution in [3.05, 3.63) is 48.4 Å². The molecule has 1 amide bonds. The van der Waals surface area contributed by atoms with Crippen LogP contribution < -0.4 is 10.2 Å². The Bertz CT molecular complexity index is 612. The number of ether oxygens (including phenoxy) is 1. The molecule has 2 atom stereocenters. The molecule has 1 aromatic heterocycles. The summed E-state index contributed by atoms with van der Waals surface area (Å²) in [5, 5.41) is 2.82. The number of hydrogen-bond acceptors (Lipinski definition) is 4. The third-order valence-electron chi connectivity index (χ3n) is 3.65. The van der Waals surface area contributed by atoms with Crippen LogP contribution in [-0.4, -0.2) is 31.2 Å². The number of nitrogens with zero attached hydrogens (tertiary/aromatic N) is 1. The van der Waals surface area contributed by atoms with E-state index in [-0.39, 0.29) is 18.1 Å². The van der Waals surface area contributed by atoms with E-state index >= 15 is 0 Å². The normalized spacial score (nSPS) is 21.6. The van der Waals surface area contributed by atoms with Gasteiger partial charge in [-0.05, 0) is 50.2 Å². The van der Waals surface area contributed by atoms with Crippen molar-refractivity contribution in [1.29, 1.82) is 0 Å². The van der Waals surface area contributed by atoms with E-state index in [1.54, 1.807) is 12.1 Å². The maximum absolute atomic E-state index is 11.9. The van der Waals surface area contributed by atoms with E-state index in [4.69, 9.17) is 9.15 Å². The van der Waals surface area contributed by atoms with Crippen molar-refractivity contribution in [2.24, 2.45) is 0 Å². The van der Waals surface area contributed by atoms with Gasteiger partial charge in [-0.25, -0.2) is 0 Å². The van der Waals surface area contributed by atoms with Crippen LogP contribution in [0.25, 0.3) is 0 Å². The third-order valence-corrected chi connectivity index (χ3v) is 3.65. The van der Waals surface area contributed by atoms with Crippen LogP contribution in [0, 0.1) is 0 Å². The molecule has 0 spiro atoms. The zero-order chi connectivity index (χ0) is 15.5. The first-order valence-corrected chi connectivity index (χ1v) is 7.47. The molecule has 0 aliphatic carbocycles. The van der Waals surface area contributed by atoms with E-state index in [2.05, 4.69) is 24.1 Å². The van der Waals surface area contributed by atoms with Gasteiger partial charge >= 0.3 is 0 Å². The molecule has 116 valence electrons. The van der Waals surface area contributed by atoms with Crippen molar-refractivity contribution >= 4 is 17.3 Å². The topological polar surface area (TPSA) is 54.7 Å². The Labute approximate surface area is 129 Å². The number of rotatable bonds is 3. The number of benzene rings is 1. The molecular weight excluding hydrogens is 280 g/mol. The highest BCUT2D eigenvalue weighted by molar-refractivity contribution is 6.02. The van der Waals surface area contributed by atoms with Gasteiger partial charge in [-0.3, -0.25) is 4.79 Å². The second-order valence-electron chi connectivity index (χ2n) is 5.64. The van der Waals surface area contributed by atoms with E-state index in [9.17, 15) is 4.79 Å². The van der Waals surface area contributed by atoms with E-state index in [1.807, 2.05) is 24.3 Å². The number of amides is 1. The number of hydrogen-bond donors (Lipinski definition) is 1. The maximum atomic E-state index is 11.9. The lowest BCUT2D eigenvalue weighted by Crippen LogP contribution is -2.45. The molecule has 1 aliphatic rings. The fourth-order valence-corrected chi connectivity index (χ4v) is 2.74. The van der Waals surface area contributed by atoms with Crippen LogP contribution in [0.2, 0.25) is 0 Å². The first kappa shape index (κ1) is 14.7. The summed E-state index contributed by atoms with van der Waals surface area (Å²) in [7, 11) is 0. The maximum Gasteiger partial charge on any atom is 0.291 e. The monoisotopic (exact) mass is 300 g/mol. The Morgan fingerprint density at radius 3 is 2.41 bits per heavy atom. The van der Waals surface area contributed by atoms with Crippen LogP contribution in [0.4, 0.5) is 11.4 Å². The minimum atomic E-state index is -0.244. The van der Waals surface area contributed by atoms with Gasteiger partial charge in [0.25, 0.3) is 5.91 Å². The molecule has 22 heavy (non-hydrogen) atoms. The zero-order valence-corrected chi connectivity index (χ0v) is 12.8. The molecule has 2 heterocycles. The highest BCUT2D eigenvalue weighted by Gasteiger charge is 2.22. The number of carbonyl (C=O) groups excluding carboxylic acids is 1. The Kier molecular flexibility index (Phi) is 4.15. The van der Waals surface area contributed by atoms with Gasteiger partial charge < -0.3 is 19.4 Å². The molecule has 5 nitrogen and oxygen atoms in total. The van der Waals surface area contributed by atoms with Crippen LogP contribution in [0.15, 0.2) is 47.1 Å². The molecule has 1 fully saturated rings. The summed E-state index contributed by atoms with van der Waals surface area (Å²) in [5.41, 5.74) is 1.89. The van der Waals surface area contributed by atoms with E-state index in [0.717, 1.165) is 24.5 Å². The molecule has 1 aromatic carbocycles. The highest BCUT2D eigenvalue weighted by atomic mass is 16.5. The second-order valence-corrected chi connectivity index (χ2v) is 5.64. The molecule has 0 saturated carbocycles. The zero-order valence-electron chi connectivity index (χ0n) is 12.8. The number of morpholine rings is 1. The minimum Gasteiger partial charge on any atom is -0.459 e. The molecule has 5 heteroatoms. The lowest BCUT2D eigenvalue weighted by atomic mass is 10.2. The summed E-state index contributed by atoms with van der Waals surface area (Å²) in [6.45, 7) is 5.92. The Morgan fingerprint density at radius 1 is 1.14 bits per heavy atom. The van der Waals surface area contributed by atoms with E-state index in [0.29, 0.717) is 5.76 Å². The summed E-state index contributed by atoms with van der Waals surface area (Å²) in [5.74, 6) is 0.0614. The molecule has 2 unspecified atom stereocenters. The summed E-state index contributed by atoms with van der Waals surface area (Å²) >= 11 is 0. The predicted octanol–water partition coefficient (Wildman–Crippen LogP) is 3.15. The quantitative estimate of drug-likeness (QED) is 0.946. The number of furan rings is 1. The molecule has 1 saturated heterocycles. The van der Waals surface area contributed by atoms with Crippen molar-refractivity contribution in [3.63, 3.8) is 0 Å². The SMILES string of the molecule is CC1CN(c2ccc(NC(=O)c3ccco3)cc2)CC(C)O1. The smallest absolute Gasteiger partial charge is 0.291 e. The lowest BCUT2D eigenvalue weighted by Gasteiger charge is -2.36. The van der Waals surface area contributed by atoms with E-state index in [1.165, 1.54) is 6.26 Å². The molecule has 3 rings (SSSR count). The fraction of sp³-hybridized carbons (Fsp3) is 0.353. The average Bonchev–Trinajstić information content (AvgIpc) is 3.01. The standard InChI is InChI=1S/C17H20N2O3/c1-12-10-19(11-13(2)22-12)15-7-5-14(6-8-15)18-17(20)16-4-3-9-21-16/h3-9,12-13H,10-11H2,1-2H3,(H,18,20). The average molecular weight is 300 g/mol. The van der Waals surface area contributed by atoms with Gasteiger partial charge in [-0.2, -0.15) is 0 Å². The molecule has 2 aromatic rings. The van der Waals surface area contributed by atoms with Gasteiger partial charge in [-0.15, -0.1) is 0 Å². The minimum absolute atomic E-state index is 0.224. The van der Waals surface area contributed by atoms with Gasteiger partial charge in [0.15, 0.2) is 5.76 Å². The second kappa shape index (κ2) is 6.23. The van der Waals surface area contributed by atoms with Crippen molar-refractivity contribution in [2.45, 2.75) is 26.1 Å². The van der Waals surface area contributed by atoms with Gasteiger partial charge in [0.1, 0.15) is 0 Å². The fourth-order valence-electron chi connectivity index (χ4n) is 2.74. The van der Waals surface area contributed by atoms with E-state index < -0.39 is 0 Å². The molecule has 0 bridgehead atoms. The summed E-state index contributed by atoms with van der Waals surface area (Å²) in [6.07, 6.45) is 1.93. The van der Waals surface area contributed by atoms with Crippen molar-refractivity contribution in [3.8, 4) is 0 Å². The largest absolute Gasteiger partial charge is 0.459 e. The molecule has 1 aliphatic heterocycles. The first-order valence-electron chi connectivity index (χ1n) is 7.47. The number of anilines is 2. The van der Waals surface area contributed by atoms with Crippen LogP contribution in [0.3, 0.4) is 0 Å². The van der Waals surface area contributed by atoms with Gasteiger partial charge in [0.2, 0.25) is 0 Å². The summed E-state index contributed by atoms with van der Waals surface area (Å²) < 4.78 is 10.8. The number of nitrogens with one attached hydrogen (secondary N) is 1. The highest BCUT2D eigenvalue weighted by Crippen LogP contribution is 2.22. The molecule has 0 radical (unpaired) electrons. The molecular formula is C17H20N2O3. The predicted molar refractivity (Wildman–Crippen MR) is 85.3 cm³/mol. The Balaban J connectivity index is 1.66. The first-order chi connectivity index (χ1) is 10.6. The van der Waals surface area contributed by atoms with Crippen LogP contribution in [0.1, 0.15) is 24.4 Å². The van der Waals surface area contributed by atoms with Gasteiger partial charge in [-0.1, -0.05) is 0 Å². The van der Waals surface area contributed by atoms with Crippen LogP contribution in [0.5, 0.6) is 0 Å². The van der Waals surface area contributed by atoms with Crippen molar-refractivity contribution < 1.29 is 13.9 Å². The van der Waals surface area contributed by atoms with Crippen LogP contribution in [-0.2, 0) is 4.74 Å². The van der Waals surface area contributed by atoms with Crippen LogP contribution >= 0.6 is 0 Å². The van der Waals surface area contributed by atoms with Gasteiger partial charge in [0.05, 0.1) is 18.5 Å². The summed E-state index contributed by atoms with van der Waals surface area (Å²) in [4.78, 5) is 14.2. The molecule has 1 N–H and O–H groups in total.